The number of hydrogen-bond donors (Lipinski definition) is 1. The van der Waals surface area contributed by atoms with Crippen LogP contribution in [-0.4, -0.2) is 23.1 Å². The van der Waals surface area contributed by atoms with Gasteiger partial charge in [0.15, 0.2) is 6.10 Å². The monoisotopic (exact) mass is 619 g/mol. The Kier molecular flexibility index (Phi) is 34.6. The Bertz CT molecular complexity index is 668. The van der Waals surface area contributed by atoms with Crippen molar-refractivity contribution < 1.29 is 19.4 Å². The number of esters is 1. The Labute approximate surface area is 274 Å². The van der Waals surface area contributed by atoms with E-state index in [9.17, 15) is 14.7 Å². The summed E-state index contributed by atoms with van der Waals surface area (Å²) in [5, 5.41) is 9.48. The van der Waals surface area contributed by atoms with Gasteiger partial charge >= 0.3 is 11.9 Å². The van der Waals surface area contributed by atoms with E-state index in [1.54, 1.807) is 0 Å². The smallest absolute Gasteiger partial charge is 0.345 e. The molecule has 0 saturated carbocycles. The predicted molar refractivity (Wildman–Crippen MR) is 190 cm³/mol. The van der Waals surface area contributed by atoms with Crippen molar-refractivity contribution in [3.63, 3.8) is 0 Å². The Hall–Kier alpha value is -1.58. The minimum Gasteiger partial charge on any atom is -0.479 e. The van der Waals surface area contributed by atoms with Crippen LogP contribution in [0.5, 0.6) is 0 Å². The van der Waals surface area contributed by atoms with E-state index in [2.05, 4.69) is 38.2 Å². The van der Waals surface area contributed by atoms with Gasteiger partial charge in [-0.15, -0.1) is 0 Å². The molecule has 44 heavy (non-hydrogen) atoms. The highest BCUT2D eigenvalue weighted by Gasteiger charge is 2.21. The number of ether oxygens (including phenoxy) is 1. The van der Waals surface area contributed by atoms with Gasteiger partial charge < -0.3 is 9.84 Å². The van der Waals surface area contributed by atoms with Gasteiger partial charge in [-0.3, -0.25) is 4.79 Å². The number of carboxylic acid groups (broad SMARTS) is 1. The van der Waals surface area contributed by atoms with E-state index in [0.717, 1.165) is 44.9 Å². The molecular formula is C40H74O4. The molecule has 0 aromatic heterocycles. The van der Waals surface area contributed by atoms with Crippen LogP contribution < -0.4 is 0 Å². The zero-order valence-electron chi connectivity index (χ0n) is 29.5. The van der Waals surface area contributed by atoms with Crippen LogP contribution in [0.25, 0.3) is 0 Å². The molecule has 0 aromatic rings. The maximum atomic E-state index is 12.2. The van der Waals surface area contributed by atoms with Crippen LogP contribution in [0, 0.1) is 0 Å². The first-order valence-corrected chi connectivity index (χ1v) is 19.3. The van der Waals surface area contributed by atoms with Gasteiger partial charge in [0, 0.05) is 6.42 Å². The summed E-state index contributed by atoms with van der Waals surface area (Å²) in [6.45, 7) is 4.51. The highest BCUT2D eigenvalue weighted by atomic mass is 16.6. The van der Waals surface area contributed by atoms with Crippen molar-refractivity contribution in [1.82, 2.24) is 0 Å². The third-order valence-electron chi connectivity index (χ3n) is 8.70. The Morgan fingerprint density at radius 2 is 0.864 bits per heavy atom. The zero-order valence-corrected chi connectivity index (χ0v) is 29.5. The van der Waals surface area contributed by atoms with Gasteiger partial charge in [-0.1, -0.05) is 179 Å². The summed E-state index contributed by atoms with van der Waals surface area (Å²) in [7, 11) is 0. The number of allylic oxidation sites excluding steroid dienone is 4. The van der Waals surface area contributed by atoms with E-state index >= 15 is 0 Å². The van der Waals surface area contributed by atoms with Crippen molar-refractivity contribution >= 4 is 11.9 Å². The van der Waals surface area contributed by atoms with Crippen molar-refractivity contribution in [2.45, 2.75) is 219 Å². The lowest BCUT2D eigenvalue weighted by Crippen LogP contribution is -2.27. The fraction of sp³-hybridized carbons (Fsp3) is 0.850. The molecule has 0 aliphatic carbocycles. The van der Waals surface area contributed by atoms with E-state index in [0.29, 0.717) is 12.8 Å². The van der Waals surface area contributed by atoms with E-state index < -0.39 is 12.1 Å². The second kappa shape index (κ2) is 35.9. The standard InChI is InChI=1S/C40H74O4/c1-3-5-7-9-11-13-15-17-19-20-21-22-23-25-27-29-31-33-35-37-39(41)44-38(40(42)43)36-34-32-30-28-26-24-18-16-14-12-10-8-6-4-2/h11,13,17,19,38H,3-10,12,14-16,18,20-37H2,1-2H3,(H,42,43)/b13-11-,19-17-. The quantitative estimate of drug-likeness (QED) is 0.0436. The first kappa shape index (κ1) is 42.4. The number of hydrogen-bond acceptors (Lipinski definition) is 3. The molecule has 0 spiro atoms. The van der Waals surface area contributed by atoms with Gasteiger partial charge in [-0.25, -0.2) is 4.79 Å². The minimum atomic E-state index is -1.01. The van der Waals surface area contributed by atoms with Crippen molar-refractivity contribution in [3.8, 4) is 0 Å². The largest absolute Gasteiger partial charge is 0.479 e. The number of aliphatic carboxylic acids is 1. The second-order valence-corrected chi connectivity index (χ2v) is 13.1. The summed E-state index contributed by atoms with van der Waals surface area (Å²) in [6, 6.07) is 0. The average molecular weight is 619 g/mol. The van der Waals surface area contributed by atoms with Gasteiger partial charge in [0.05, 0.1) is 0 Å². The normalized spacial score (nSPS) is 12.4. The summed E-state index contributed by atoms with van der Waals surface area (Å²) < 4.78 is 5.32. The first-order valence-electron chi connectivity index (χ1n) is 19.3. The van der Waals surface area contributed by atoms with Gasteiger partial charge in [0.2, 0.25) is 0 Å². The molecule has 0 aromatic carbocycles. The highest BCUT2D eigenvalue weighted by molar-refractivity contribution is 5.77. The molecule has 0 saturated heterocycles. The number of carboxylic acids is 1. The summed E-state index contributed by atoms with van der Waals surface area (Å²) in [5.74, 6) is -1.35. The van der Waals surface area contributed by atoms with Crippen LogP contribution in [0.15, 0.2) is 24.3 Å². The van der Waals surface area contributed by atoms with Crippen LogP contribution in [-0.2, 0) is 14.3 Å². The maximum absolute atomic E-state index is 12.2. The molecule has 258 valence electrons. The predicted octanol–water partition coefficient (Wildman–Crippen LogP) is 13.2. The third-order valence-corrected chi connectivity index (χ3v) is 8.70. The molecular weight excluding hydrogens is 544 g/mol. The van der Waals surface area contributed by atoms with Crippen molar-refractivity contribution in [2.24, 2.45) is 0 Å². The molecule has 4 heteroatoms. The van der Waals surface area contributed by atoms with E-state index in [1.165, 1.54) is 141 Å². The molecule has 4 nitrogen and oxygen atoms in total. The fourth-order valence-electron chi connectivity index (χ4n) is 5.76. The molecule has 1 N–H and O–H groups in total. The first-order chi connectivity index (χ1) is 21.6. The van der Waals surface area contributed by atoms with Crippen LogP contribution in [0.4, 0.5) is 0 Å². The highest BCUT2D eigenvalue weighted by Crippen LogP contribution is 2.16. The Morgan fingerprint density at radius 3 is 1.32 bits per heavy atom. The number of rotatable bonds is 35. The van der Waals surface area contributed by atoms with Crippen LogP contribution in [0.1, 0.15) is 213 Å². The summed E-state index contributed by atoms with van der Waals surface area (Å²) in [4.78, 5) is 23.8. The van der Waals surface area contributed by atoms with E-state index in [4.69, 9.17) is 4.74 Å². The molecule has 1 atom stereocenters. The molecule has 0 radical (unpaired) electrons. The van der Waals surface area contributed by atoms with Gasteiger partial charge in [-0.05, 0) is 51.4 Å². The molecule has 0 rings (SSSR count). The van der Waals surface area contributed by atoms with Gasteiger partial charge in [0.25, 0.3) is 0 Å². The van der Waals surface area contributed by atoms with Gasteiger partial charge in [0.1, 0.15) is 0 Å². The van der Waals surface area contributed by atoms with Crippen molar-refractivity contribution in [1.29, 1.82) is 0 Å². The van der Waals surface area contributed by atoms with Crippen LogP contribution >= 0.6 is 0 Å². The average Bonchev–Trinajstić information content (AvgIpc) is 3.01. The third kappa shape index (κ3) is 33.3. The number of unbranched alkanes of at least 4 members (excludes halogenated alkanes) is 25. The molecule has 0 fully saturated rings. The van der Waals surface area contributed by atoms with Crippen LogP contribution in [0.2, 0.25) is 0 Å². The molecule has 0 aliphatic heterocycles. The number of carbonyl (C=O) groups is 2. The topological polar surface area (TPSA) is 63.6 Å². The second-order valence-electron chi connectivity index (χ2n) is 13.1. The van der Waals surface area contributed by atoms with E-state index in [1.807, 2.05) is 0 Å². The van der Waals surface area contributed by atoms with Crippen molar-refractivity contribution in [2.75, 3.05) is 0 Å². The lowest BCUT2D eigenvalue weighted by molar-refractivity contribution is -0.164. The summed E-state index contributed by atoms with van der Waals surface area (Å²) in [6.07, 6.45) is 45.0. The molecule has 0 aliphatic rings. The summed E-state index contributed by atoms with van der Waals surface area (Å²) in [5.41, 5.74) is 0. The fourth-order valence-corrected chi connectivity index (χ4v) is 5.76. The molecule has 0 heterocycles. The Balaban J connectivity index is 3.54. The lowest BCUT2D eigenvalue weighted by Gasteiger charge is -2.13. The lowest BCUT2D eigenvalue weighted by atomic mass is 10.0. The number of carbonyl (C=O) groups excluding carboxylic acids is 1. The molecule has 0 amide bonds. The molecule has 1 unspecified atom stereocenters. The van der Waals surface area contributed by atoms with Crippen molar-refractivity contribution in [3.05, 3.63) is 24.3 Å². The van der Waals surface area contributed by atoms with Crippen LogP contribution in [0.3, 0.4) is 0 Å². The summed E-state index contributed by atoms with van der Waals surface area (Å²) >= 11 is 0. The molecule has 0 bridgehead atoms. The Morgan fingerprint density at radius 1 is 0.500 bits per heavy atom. The maximum Gasteiger partial charge on any atom is 0.345 e. The van der Waals surface area contributed by atoms with Gasteiger partial charge in [-0.2, -0.15) is 0 Å². The minimum absolute atomic E-state index is 0.338. The van der Waals surface area contributed by atoms with E-state index in [-0.39, 0.29) is 5.97 Å². The zero-order chi connectivity index (χ0) is 32.2. The SMILES string of the molecule is CCCCC/C=C\C/C=C\CCCCCCCCCCCC(=O)OC(CCCCCCCCCCCCCCCC)C(=O)O.